The van der Waals surface area contributed by atoms with Gasteiger partial charge in [-0.05, 0) is 25.1 Å². The topological polar surface area (TPSA) is 55.4 Å². The first kappa shape index (κ1) is 15.2. The van der Waals surface area contributed by atoms with Gasteiger partial charge in [0, 0.05) is 11.0 Å². The van der Waals surface area contributed by atoms with Gasteiger partial charge in [0.1, 0.15) is 5.75 Å². The quantitative estimate of drug-likeness (QED) is 0.887. The lowest BCUT2D eigenvalue weighted by Gasteiger charge is -2.16. The van der Waals surface area contributed by atoms with Crippen LogP contribution in [-0.2, 0) is 4.79 Å². The molecule has 0 atom stereocenters. The van der Waals surface area contributed by atoms with E-state index in [-0.39, 0.29) is 18.2 Å². The zero-order valence-electron chi connectivity index (χ0n) is 11.9. The Morgan fingerprint density at radius 1 is 1.26 bits per heavy atom. The Morgan fingerprint density at radius 3 is 2.53 bits per heavy atom. The van der Waals surface area contributed by atoms with E-state index in [0.717, 1.165) is 0 Å². The first-order valence-corrected chi connectivity index (χ1v) is 6.39. The van der Waals surface area contributed by atoms with Gasteiger partial charge in [0.25, 0.3) is 5.91 Å². The van der Waals surface area contributed by atoms with Gasteiger partial charge in [0.05, 0.1) is 13.2 Å². The number of hydrogen-bond donors (Lipinski definition) is 1. The monoisotopic (exact) mass is 263 g/mol. The molecule has 0 spiro atoms. The summed E-state index contributed by atoms with van der Waals surface area (Å²) in [5, 5.41) is 2.63. The number of ether oxygens (including phenoxy) is 1. The van der Waals surface area contributed by atoms with Crippen LogP contribution in [0.25, 0.3) is 0 Å². The predicted molar refractivity (Wildman–Crippen MR) is 74.4 cm³/mol. The van der Waals surface area contributed by atoms with Gasteiger partial charge >= 0.3 is 0 Å². The summed E-state index contributed by atoms with van der Waals surface area (Å²) in [7, 11) is 0. The maximum Gasteiger partial charge on any atom is 0.251 e. The van der Waals surface area contributed by atoms with Crippen LogP contribution in [0.4, 0.5) is 0 Å². The van der Waals surface area contributed by atoms with Crippen molar-refractivity contribution in [2.75, 3.05) is 13.2 Å². The van der Waals surface area contributed by atoms with Crippen LogP contribution in [0.2, 0.25) is 0 Å². The number of Topliss-reactive ketones (excluding diaryl/α,β-unsaturated/α-hetero) is 1. The molecule has 19 heavy (non-hydrogen) atoms. The van der Waals surface area contributed by atoms with Crippen molar-refractivity contribution in [2.45, 2.75) is 27.7 Å². The van der Waals surface area contributed by atoms with Crippen molar-refractivity contribution in [2.24, 2.45) is 5.41 Å². The van der Waals surface area contributed by atoms with Crippen molar-refractivity contribution in [1.29, 1.82) is 0 Å². The van der Waals surface area contributed by atoms with Crippen LogP contribution >= 0.6 is 0 Å². The van der Waals surface area contributed by atoms with Gasteiger partial charge < -0.3 is 10.1 Å². The van der Waals surface area contributed by atoms with Crippen LogP contribution in [0.15, 0.2) is 24.3 Å². The molecule has 0 aliphatic rings. The third-order valence-electron chi connectivity index (χ3n) is 2.65. The smallest absolute Gasteiger partial charge is 0.251 e. The Morgan fingerprint density at radius 2 is 1.95 bits per heavy atom. The Hall–Kier alpha value is -1.84. The van der Waals surface area contributed by atoms with Crippen molar-refractivity contribution in [1.82, 2.24) is 5.32 Å². The lowest BCUT2D eigenvalue weighted by Crippen LogP contribution is -2.35. The highest BCUT2D eigenvalue weighted by molar-refractivity contribution is 5.97. The lowest BCUT2D eigenvalue weighted by atomic mass is 9.91. The molecule has 4 nitrogen and oxygen atoms in total. The summed E-state index contributed by atoms with van der Waals surface area (Å²) in [5.74, 6) is 0.387. The molecule has 0 unspecified atom stereocenters. The molecule has 0 bridgehead atoms. The van der Waals surface area contributed by atoms with Crippen LogP contribution in [0, 0.1) is 5.41 Å². The molecule has 0 saturated carbocycles. The maximum absolute atomic E-state index is 11.9. The third kappa shape index (κ3) is 4.73. The molecule has 0 radical (unpaired) electrons. The molecule has 104 valence electrons. The molecular formula is C15H21NO3. The van der Waals surface area contributed by atoms with E-state index in [9.17, 15) is 9.59 Å². The number of rotatable bonds is 5. The highest BCUT2D eigenvalue weighted by atomic mass is 16.5. The fourth-order valence-electron chi connectivity index (χ4n) is 1.42. The summed E-state index contributed by atoms with van der Waals surface area (Å²) in [4.78, 5) is 23.6. The fourth-order valence-corrected chi connectivity index (χ4v) is 1.42. The first-order valence-electron chi connectivity index (χ1n) is 6.39. The predicted octanol–water partition coefficient (Wildman–Crippen LogP) is 2.43. The van der Waals surface area contributed by atoms with Crippen LogP contribution in [-0.4, -0.2) is 24.8 Å². The van der Waals surface area contributed by atoms with Crippen molar-refractivity contribution in [3.8, 4) is 5.75 Å². The fraction of sp³-hybridized carbons (Fsp3) is 0.467. The van der Waals surface area contributed by atoms with Gasteiger partial charge in [0.15, 0.2) is 5.78 Å². The average molecular weight is 263 g/mol. The summed E-state index contributed by atoms with van der Waals surface area (Å²) < 4.78 is 5.33. The van der Waals surface area contributed by atoms with Gasteiger partial charge in [-0.3, -0.25) is 9.59 Å². The number of hydrogen-bond acceptors (Lipinski definition) is 3. The van der Waals surface area contributed by atoms with Gasteiger partial charge in [0.2, 0.25) is 0 Å². The number of benzene rings is 1. The molecule has 1 aromatic rings. The second-order valence-corrected chi connectivity index (χ2v) is 5.32. The van der Waals surface area contributed by atoms with E-state index >= 15 is 0 Å². The van der Waals surface area contributed by atoms with Crippen LogP contribution in [0.3, 0.4) is 0 Å². The molecule has 1 rings (SSSR count). The number of carbonyl (C=O) groups is 2. The summed E-state index contributed by atoms with van der Waals surface area (Å²) in [6.45, 7) is 7.97. The van der Waals surface area contributed by atoms with Crippen LogP contribution in [0.1, 0.15) is 38.1 Å². The van der Waals surface area contributed by atoms with Gasteiger partial charge in [-0.15, -0.1) is 0 Å². The Labute approximate surface area is 114 Å². The number of ketones is 1. The van der Waals surface area contributed by atoms with Crippen molar-refractivity contribution >= 4 is 11.7 Å². The highest BCUT2D eigenvalue weighted by Crippen LogP contribution is 2.15. The molecule has 0 aliphatic carbocycles. The minimum Gasteiger partial charge on any atom is -0.494 e. The van der Waals surface area contributed by atoms with Gasteiger partial charge in [-0.25, -0.2) is 0 Å². The molecule has 1 N–H and O–H groups in total. The molecule has 4 heteroatoms. The molecule has 0 aromatic heterocycles. The zero-order chi connectivity index (χ0) is 14.5. The first-order chi connectivity index (χ1) is 8.84. The number of amides is 1. The van der Waals surface area contributed by atoms with E-state index in [1.54, 1.807) is 24.3 Å². The van der Waals surface area contributed by atoms with Crippen molar-refractivity contribution in [3.63, 3.8) is 0 Å². The van der Waals surface area contributed by atoms with Gasteiger partial charge in [-0.1, -0.05) is 26.8 Å². The van der Waals surface area contributed by atoms with Crippen molar-refractivity contribution in [3.05, 3.63) is 29.8 Å². The molecule has 0 saturated heterocycles. The zero-order valence-corrected chi connectivity index (χ0v) is 11.9. The third-order valence-corrected chi connectivity index (χ3v) is 2.65. The molecule has 0 heterocycles. The molecule has 0 fully saturated rings. The number of carbonyl (C=O) groups excluding carboxylic acids is 2. The van der Waals surface area contributed by atoms with E-state index in [1.807, 2.05) is 27.7 Å². The molecule has 1 aromatic carbocycles. The summed E-state index contributed by atoms with van der Waals surface area (Å²) in [5.41, 5.74) is 0.0492. The minimum absolute atomic E-state index is 0.00168. The standard InChI is InChI=1S/C15H21NO3/c1-5-19-12-8-6-7-11(9-12)14(18)16-10-13(17)15(2,3)4/h6-9H,5,10H2,1-4H3,(H,16,18). The molecule has 0 aliphatic heterocycles. The van der Waals surface area contributed by atoms with E-state index in [0.29, 0.717) is 17.9 Å². The van der Waals surface area contributed by atoms with Gasteiger partial charge in [-0.2, -0.15) is 0 Å². The highest BCUT2D eigenvalue weighted by Gasteiger charge is 2.21. The van der Waals surface area contributed by atoms with E-state index in [2.05, 4.69) is 5.32 Å². The van der Waals surface area contributed by atoms with E-state index in [4.69, 9.17) is 4.74 Å². The Bertz CT molecular complexity index is 461. The number of nitrogens with one attached hydrogen (secondary N) is 1. The second kappa shape index (κ2) is 6.36. The SMILES string of the molecule is CCOc1cccc(C(=O)NCC(=O)C(C)(C)C)c1. The maximum atomic E-state index is 11.9. The van der Waals surface area contributed by atoms with E-state index < -0.39 is 5.41 Å². The van der Waals surface area contributed by atoms with Crippen LogP contribution in [0.5, 0.6) is 5.75 Å². The average Bonchev–Trinajstić information content (AvgIpc) is 2.35. The summed E-state index contributed by atoms with van der Waals surface area (Å²) in [6.07, 6.45) is 0. The van der Waals surface area contributed by atoms with E-state index in [1.165, 1.54) is 0 Å². The normalized spacial score (nSPS) is 10.9. The summed E-state index contributed by atoms with van der Waals surface area (Å²) >= 11 is 0. The molecular weight excluding hydrogens is 242 g/mol. The largest absolute Gasteiger partial charge is 0.494 e. The molecule has 1 amide bonds. The Balaban J connectivity index is 2.63. The van der Waals surface area contributed by atoms with Crippen LogP contribution < -0.4 is 10.1 Å². The lowest BCUT2D eigenvalue weighted by molar-refractivity contribution is -0.125. The van der Waals surface area contributed by atoms with Crippen molar-refractivity contribution < 1.29 is 14.3 Å². The Kier molecular flexibility index (Phi) is 5.10. The second-order valence-electron chi connectivity index (χ2n) is 5.32. The minimum atomic E-state index is -0.444. The summed E-state index contributed by atoms with van der Waals surface area (Å²) in [6, 6.07) is 6.91.